The van der Waals surface area contributed by atoms with Crippen LogP contribution in [0.15, 0.2) is 24.3 Å². The van der Waals surface area contributed by atoms with Crippen LogP contribution in [0.1, 0.15) is 5.56 Å². The molecule has 0 saturated carbocycles. The Kier molecular flexibility index (Phi) is 6.16. The lowest BCUT2D eigenvalue weighted by Gasteiger charge is -2.11. The van der Waals surface area contributed by atoms with E-state index in [1.807, 2.05) is 0 Å². The molecule has 0 atom stereocenters. The minimum Gasteiger partial charge on any atom is -0.396 e. The zero-order valence-corrected chi connectivity index (χ0v) is 12.6. The number of alkyl halides is 3. The molecule has 1 rings (SSSR count). The molecule has 0 radical (unpaired) electrons. The van der Waals surface area contributed by atoms with Crippen molar-refractivity contribution in [2.24, 2.45) is 0 Å². The Balaban J connectivity index is 2.62. The number of halogens is 3. The summed E-state index contributed by atoms with van der Waals surface area (Å²) >= 11 is 16.1. The third-order valence-electron chi connectivity index (χ3n) is 1.89. The number of aliphatic hydroxyl groups is 1. The zero-order valence-electron chi connectivity index (χ0n) is 9.55. The topological polar surface area (TPSA) is 72.8 Å². The predicted molar refractivity (Wildman–Crippen MR) is 73.0 cm³/mol. The summed E-state index contributed by atoms with van der Waals surface area (Å²) in [6.07, 6.45) is 0.469. The van der Waals surface area contributed by atoms with Crippen molar-refractivity contribution in [2.75, 3.05) is 13.2 Å². The summed E-state index contributed by atoms with van der Waals surface area (Å²) in [6.45, 7) is -0.645. The maximum Gasteiger partial charge on any atom is 0.449 e. The van der Waals surface area contributed by atoms with Gasteiger partial charge in [-0.15, -0.1) is 0 Å². The molecule has 0 spiro atoms. The molecule has 1 aromatic rings. The number of rotatable bonds is 6. The van der Waals surface area contributed by atoms with E-state index >= 15 is 0 Å². The van der Waals surface area contributed by atoms with Gasteiger partial charge in [0.2, 0.25) is 3.79 Å². The van der Waals surface area contributed by atoms with Crippen molar-refractivity contribution in [3.63, 3.8) is 0 Å². The van der Waals surface area contributed by atoms with E-state index in [1.165, 1.54) is 12.1 Å². The van der Waals surface area contributed by atoms with Crippen LogP contribution >= 0.6 is 34.8 Å². The van der Waals surface area contributed by atoms with E-state index in [9.17, 15) is 8.42 Å². The average Bonchev–Trinajstić information content (AvgIpc) is 2.29. The summed E-state index contributed by atoms with van der Waals surface area (Å²) in [7, 11) is -4.30. The van der Waals surface area contributed by atoms with Crippen molar-refractivity contribution in [3.8, 4) is 5.75 Å². The fourth-order valence-electron chi connectivity index (χ4n) is 1.12. The number of benzene rings is 1. The van der Waals surface area contributed by atoms with Gasteiger partial charge in [-0.1, -0.05) is 46.9 Å². The second-order valence-electron chi connectivity index (χ2n) is 3.49. The van der Waals surface area contributed by atoms with E-state index in [2.05, 4.69) is 8.37 Å². The molecule has 9 heteroatoms. The fourth-order valence-corrected chi connectivity index (χ4v) is 2.20. The Hall–Kier alpha value is -0.240. The molecular weight excluding hydrogens is 339 g/mol. The molecule has 1 N–H and O–H groups in total. The first-order valence-electron chi connectivity index (χ1n) is 5.07. The molecule has 19 heavy (non-hydrogen) atoms. The maximum absolute atomic E-state index is 11.4. The summed E-state index contributed by atoms with van der Waals surface area (Å²) in [5.41, 5.74) is 0.842. The minimum atomic E-state index is -4.30. The highest BCUT2D eigenvalue weighted by atomic mass is 35.6. The van der Waals surface area contributed by atoms with Crippen molar-refractivity contribution < 1.29 is 21.9 Å². The van der Waals surface area contributed by atoms with Gasteiger partial charge in [0, 0.05) is 6.61 Å². The normalized spacial score (nSPS) is 12.4. The Morgan fingerprint density at radius 3 is 2.21 bits per heavy atom. The molecule has 0 heterocycles. The number of hydrogen-bond acceptors (Lipinski definition) is 5. The lowest BCUT2D eigenvalue weighted by atomic mass is 10.2. The third kappa shape index (κ3) is 7.20. The molecule has 0 aliphatic heterocycles. The molecule has 1 aromatic carbocycles. The Bertz CT molecular complexity index is 495. The Morgan fingerprint density at radius 2 is 1.74 bits per heavy atom. The first-order valence-corrected chi connectivity index (χ1v) is 7.54. The van der Waals surface area contributed by atoms with Gasteiger partial charge in [-0.2, -0.15) is 8.42 Å². The predicted octanol–water partition coefficient (Wildman–Crippen LogP) is 2.23. The molecule has 5 nitrogen and oxygen atoms in total. The van der Waals surface area contributed by atoms with Crippen LogP contribution in [0.4, 0.5) is 0 Å². The van der Waals surface area contributed by atoms with E-state index in [0.29, 0.717) is 6.42 Å². The SMILES string of the molecule is O=S(=O)(OCC(Cl)(Cl)Cl)Oc1ccc(CCO)cc1. The highest BCUT2D eigenvalue weighted by Gasteiger charge is 2.25. The standard InChI is InChI=1S/C10H11Cl3O5S/c11-10(12,13)7-17-19(15,16)18-9-3-1-8(2-4-9)5-6-14/h1-4,14H,5-7H2. The molecule has 0 aliphatic rings. The van der Waals surface area contributed by atoms with E-state index < -0.39 is 20.8 Å². The van der Waals surface area contributed by atoms with Gasteiger partial charge in [-0.3, -0.25) is 0 Å². The van der Waals surface area contributed by atoms with Gasteiger partial charge < -0.3 is 9.29 Å². The minimum absolute atomic E-state index is 0.00482. The second-order valence-corrected chi connectivity index (χ2v) is 7.22. The quantitative estimate of drug-likeness (QED) is 0.797. The monoisotopic (exact) mass is 348 g/mol. The molecule has 0 aromatic heterocycles. The first kappa shape index (κ1) is 16.8. The molecule has 0 amide bonds. The zero-order chi connectivity index (χ0) is 14.5. The lowest BCUT2D eigenvalue weighted by Crippen LogP contribution is -2.21. The molecule has 0 aliphatic carbocycles. The van der Waals surface area contributed by atoms with Crippen molar-refractivity contribution in [3.05, 3.63) is 29.8 Å². The number of hydrogen-bond donors (Lipinski definition) is 1. The van der Waals surface area contributed by atoms with Crippen molar-refractivity contribution in [1.82, 2.24) is 0 Å². The molecule has 108 valence electrons. The van der Waals surface area contributed by atoms with Gasteiger partial charge in [-0.05, 0) is 24.1 Å². The van der Waals surface area contributed by atoms with Crippen molar-refractivity contribution in [1.29, 1.82) is 0 Å². The smallest absolute Gasteiger partial charge is 0.396 e. The van der Waals surface area contributed by atoms with E-state index in [1.54, 1.807) is 12.1 Å². The summed E-state index contributed by atoms with van der Waals surface area (Å²) < 4.78 is 30.0. The highest BCUT2D eigenvalue weighted by Crippen LogP contribution is 2.27. The first-order chi connectivity index (χ1) is 8.72. The largest absolute Gasteiger partial charge is 0.449 e. The molecule has 0 unspecified atom stereocenters. The molecule has 0 fully saturated rings. The highest BCUT2D eigenvalue weighted by molar-refractivity contribution is 7.82. The summed E-state index contributed by atoms with van der Waals surface area (Å²) in [5.74, 6) is 0.0611. The van der Waals surface area contributed by atoms with E-state index in [-0.39, 0.29) is 12.4 Å². The second kappa shape index (κ2) is 6.97. The summed E-state index contributed by atoms with van der Waals surface area (Å²) in [5, 5.41) is 8.74. The van der Waals surface area contributed by atoms with Gasteiger partial charge >= 0.3 is 10.4 Å². The number of aliphatic hydroxyl groups excluding tert-OH is 1. The molecular formula is C10H11Cl3O5S. The van der Waals surface area contributed by atoms with Crippen LogP contribution in [-0.2, 0) is 21.0 Å². The summed E-state index contributed by atoms with van der Waals surface area (Å²) in [4.78, 5) is 0. The van der Waals surface area contributed by atoms with Gasteiger partial charge in [0.1, 0.15) is 12.4 Å². The lowest BCUT2D eigenvalue weighted by molar-refractivity contribution is 0.278. The van der Waals surface area contributed by atoms with E-state index in [4.69, 9.17) is 39.9 Å². The Labute approximate surface area is 126 Å². The fraction of sp³-hybridized carbons (Fsp3) is 0.400. The summed E-state index contributed by atoms with van der Waals surface area (Å²) in [6, 6.07) is 6.11. The van der Waals surface area contributed by atoms with Crippen molar-refractivity contribution >= 4 is 45.2 Å². The molecule has 0 saturated heterocycles. The third-order valence-corrected chi connectivity index (χ3v) is 3.02. The van der Waals surface area contributed by atoms with Crippen LogP contribution in [0, 0.1) is 0 Å². The van der Waals surface area contributed by atoms with Gasteiger partial charge in [0.05, 0.1) is 0 Å². The van der Waals surface area contributed by atoms with Crippen LogP contribution in [0.25, 0.3) is 0 Å². The van der Waals surface area contributed by atoms with Gasteiger partial charge in [0.25, 0.3) is 0 Å². The Morgan fingerprint density at radius 1 is 1.16 bits per heavy atom. The van der Waals surface area contributed by atoms with Gasteiger partial charge in [0.15, 0.2) is 0 Å². The van der Waals surface area contributed by atoms with Crippen LogP contribution in [0.3, 0.4) is 0 Å². The van der Waals surface area contributed by atoms with Gasteiger partial charge in [-0.25, -0.2) is 4.18 Å². The van der Waals surface area contributed by atoms with Crippen LogP contribution < -0.4 is 4.18 Å². The maximum atomic E-state index is 11.4. The van der Waals surface area contributed by atoms with Crippen molar-refractivity contribution in [2.45, 2.75) is 10.2 Å². The average molecular weight is 350 g/mol. The molecule has 0 bridgehead atoms. The van der Waals surface area contributed by atoms with E-state index in [0.717, 1.165) is 5.56 Å². The van der Waals surface area contributed by atoms with Crippen LogP contribution in [0.5, 0.6) is 5.75 Å². The van der Waals surface area contributed by atoms with Crippen LogP contribution in [0.2, 0.25) is 0 Å². The van der Waals surface area contributed by atoms with Crippen LogP contribution in [-0.4, -0.2) is 30.5 Å².